The Labute approximate surface area is 131 Å². The van der Waals surface area contributed by atoms with Crippen molar-refractivity contribution in [3.63, 3.8) is 0 Å². The van der Waals surface area contributed by atoms with E-state index in [0.29, 0.717) is 6.04 Å². The van der Waals surface area contributed by atoms with Crippen LogP contribution in [0.3, 0.4) is 0 Å². The zero-order chi connectivity index (χ0) is 14.4. The third-order valence-electron chi connectivity index (χ3n) is 3.89. The summed E-state index contributed by atoms with van der Waals surface area (Å²) in [5, 5.41) is 0. The molecule has 112 valence electrons. The van der Waals surface area contributed by atoms with Gasteiger partial charge in [0.1, 0.15) is 19.1 Å². The number of benzene rings is 1. The van der Waals surface area contributed by atoms with Gasteiger partial charge in [0.25, 0.3) is 0 Å². The highest BCUT2D eigenvalue weighted by molar-refractivity contribution is 7.96. The standard InChI is InChI=1S/C15H26N3S2/c1-4-5-9-12-18(20-3)13-15(17(16-18)19-2)14-10-7-6-8-11-14/h6-8,10-11,15-16H,4-5,9,12-13H2,1-3H3/q+1. The molecule has 1 aliphatic heterocycles. The maximum absolute atomic E-state index is 3.71. The molecule has 3 nitrogen and oxygen atoms in total. The monoisotopic (exact) mass is 312 g/mol. The molecule has 2 unspecified atom stereocenters. The predicted molar refractivity (Wildman–Crippen MR) is 90.7 cm³/mol. The lowest BCUT2D eigenvalue weighted by molar-refractivity contribution is -0.836. The van der Waals surface area contributed by atoms with E-state index in [1.807, 2.05) is 11.9 Å². The summed E-state index contributed by atoms with van der Waals surface area (Å²) < 4.78 is 3.25. The first-order chi connectivity index (χ1) is 9.74. The van der Waals surface area contributed by atoms with Gasteiger partial charge in [-0.3, -0.25) is 0 Å². The number of nitrogens with one attached hydrogen (secondary N) is 1. The van der Waals surface area contributed by atoms with Crippen molar-refractivity contribution in [2.75, 3.05) is 25.6 Å². The van der Waals surface area contributed by atoms with Crippen molar-refractivity contribution in [3.05, 3.63) is 35.9 Å². The number of hydrogen-bond acceptors (Lipinski definition) is 4. The van der Waals surface area contributed by atoms with Crippen LogP contribution in [0.15, 0.2) is 30.3 Å². The topological polar surface area (TPSA) is 15.3 Å². The maximum atomic E-state index is 3.71. The normalized spacial score (nSPS) is 27.1. The van der Waals surface area contributed by atoms with Gasteiger partial charge in [0.2, 0.25) is 0 Å². The Hall–Kier alpha value is -0.200. The van der Waals surface area contributed by atoms with Gasteiger partial charge in [0, 0.05) is 6.26 Å². The Balaban J connectivity index is 2.11. The minimum absolute atomic E-state index is 0.445. The van der Waals surface area contributed by atoms with Crippen molar-refractivity contribution in [2.45, 2.75) is 32.2 Å². The highest BCUT2D eigenvalue weighted by Gasteiger charge is 2.44. The molecule has 0 spiro atoms. The van der Waals surface area contributed by atoms with Crippen molar-refractivity contribution in [3.8, 4) is 0 Å². The molecule has 20 heavy (non-hydrogen) atoms. The first kappa shape index (κ1) is 16.2. The molecule has 0 bridgehead atoms. The summed E-state index contributed by atoms with van der Waals surface area (Å²) in [6.45, 7) is 4.58. The van der Waals surface area contributed by atoms with Crippen molar-refractivity contribution in [2.24, 2.45) is 0 Å². The van der Waals surface area contributed by atoms with Gasteiger partial charge in [0.05, 0.1) is 11.9 Å². The molecule has 1 heterocycles. The van der Waals surface area contributed by atoms with Crippen LogP contribution in [0.25, 0.3) is 0 Å². The first-order valence-corrected chi connectivity index (χ1v) is 9.70. The van der Waals surface area contributed by atoms with E-state index in [9.17, 15) is 0 Å². The van der Waals surface area contributed by atoms with Gasteiger partial charge in [-0.05, 0) is 24.7 Å². The van der Waals surface area contributed by atoms with Gasteiger partial charge >= 0.3 is 0 Å². The van der Waals surface area contributed by atoms with Gasteiger partial charge < -0.3 is 0 Å². The van der Waals surface area contributed by atoms with Crippen molar-refractivity contribution in [1.82, 2.24) is 9.95 Å². The molecule has 1 saturated heterocycles. The van der Waals surface area contributed by atoms with Gasteiger partial charge in [-0.25, -0.2) is 0 Å². The van der Waals surface area contributed by atoms with Crippen LogP contribution in [0.4, 0.5) is 0 Å². The second kappa shape index (κ2) is 7.71. The Bertz CT molecular complexity index is 401. The Morgan fingerprint density at radius 1 is 1.25 bits per heavy atom. The Morgan fingerprint density at radius 2 is 2.00 bits per heavy atom. The van der Waals surface area contributed by atoms with Crippen LogP contribution < -0.4 is 5.53 Å². The molecule has 1 aliphatic rings. The quantitative estimate of drug-likeness (QED) is 0.464. The fourth-order valence-corrected chi connectivity index (χ4v) is 4.20. The molecule has 2 rings (SSSR count). The van der Waals surface area contributed by atoms with Crippen molar-refractivity contribution in [1.29, 1.82) is 0 Å². The van der Waals surface area contributed by atoms with Gasteiger partial charge in [-0.1, -0.05) is 61.2 Å². The summed E-state index contributed by atoms with van der Waals surface area (Å²) >= 11 is 3.70. The van der Waals surface area contributed by atoms with Crippen LogP contribution in [0.1, 0.15) is 37.8 Å². The van der Waals surface area contributed by atoms with Gasteiger partial charge in [-0.15, -0.1) is 4.41 Å². The minimum atomic E-state index is 0.445. The molecule has 5 heteroatoms. The van der Waals surface area contributed by atoms with E-state index in [1.165, 1.54) is 31.4 Å². The summed E-state index contributed by atoms with van der Waals surface area (Å²) in [7, 11) is 0. The van der Waals surface area contributed by atoms with E-state index in [1.54, 1.807) is 11.9 Å². The van der Waals surface area contributed by atoms with E-state index in [0.717, 1.165) is 10.5 Å². The van der Waals surface area contributed by atoms with Gasteiger partial charge in [-0.2, -0.15) is 4.00 Å². The molecule has 1 aromatic rings. The maximum Gasteiger partial charge on any atom is 0.131 e. The zero-order valence-electron chi connectivity index (χ0n) is 12.7. The van der Waals surface area contributed by atoms with Gasteiger partial charge in [0.15, 0.2) is 0 Å². The van der Waals surface area contributed by atoms with E-state index < -0.39 is 0 Å². The number of nitrogens with zero attached hydrogens (tertiary/aromatic N) is 2. The molecule has 1 N–H and O–H groups in total. The Kier molecular flexibility index (Phi) is 6.23. The molecule has 0 aliphatic carbocycles. The molecule has 0 saturated carbocycles. The molecule has 0 radical (unpaired) electrons. The van der Waals surface area contributed by atoms with E-state index >= 15 is 0 Å². The van der Waals surface area contributed by atoms with E-state index in [2.05, 4.69) is 59.7 Å². The number of hydrazine groups is 1. The molecule has 2 atom stereocenters. The largest absolute Gasteiger partial charge is 0.169 e. The van der Waals surface area contributed by atoms with E-state index in [-0.39, 0.29) is 0 Å². The number of hydrogen-bond donors (Lipinski definition) is 1. The molecule has 0 aromatic heterocycles. The third kappa shape index (κ3) is 3.71. The first-order valence-electron chi connectivity index (χ1n) is 7.33. The summed E-state index contributed by atoms with van der Waals surface area (Å²) in [4.78, 5) is 0. The fourth-order valence-electron chi connectivity index (χ4n) is 2.69. The number of quaternary nitrogens is 1. The summed E-state index contributed by atoms with van der Waals surface area (Å²) in [5.74, 6) is 0. The van der Waals surface area contributed by atoms with Crippen LogP contribution in [-0.4, -0.2) is 34.0 Å². The van der Waals surface area contributed by atoms with Crippen LogP contribution in [0.2, 0.25) is 0 Å². The van der Waals surface area contributed by atoms with Crippen LogP contribution in [0.5, 0.6) is 0 Å². The smallest absolute Gasteiger partial charge is 0.131 e. The second-order valence-corrected chi connectivity index (χ2v) is 7.04. The summed E-state index contributed by atoms with van der Waals surface area (Å²) in [6.07, 6.45) is 8.24. The summed E-state index contributed by atoms with van der Waals surface area (Å²) in [5.41, 5.74) is 5.11. The van der Waals surface area contributed by atoms with Crippen molar-refractivity contribution >= 4 is 23.9 Å². The van der Waals surface area contributed by atoms with Crippen molar-refractivity contribution < 1.29 is 4.00 Å². The molecular weight excluding hydrogens is 286 g/mol. The predicted octanol–water partition coefficient (Wildman–Crippen LogP) is 4.03. The lowest BCUT2D eigenvalue weighted by Crippen LogP contribution is -2.50. The molecular formula is C15H26N3S2+. The Morgan fingerprint density at radius 3 is 2.60 bits per heavy atom. The second-order valence-electron chi connectivity index (χ2n) is 5.22. The average molecular weight is 313 g/mol. The SMILES string of the molecule is CCCCC[N+]1(SC)CC(c2ccccc2)N(SC)N1. The highest BCUT2D eigenvalue weighted by atomic mass is 32.2. The zero-order valence-corrected chi connectivity index (χ0v) is 14.3. The highest BCUT2D eigenvalue weighted by Crippen LogP contribution is 2.37. The third-order valence-corrected chi connectivity index (χ3v) is 5.73. The van der Waals surface area contributed by atoms with Crippen LogP contribution in [0, 0.1) is 0 Å². The minimum Gasteiger partial charge on any atom is -0.169 e. The van der Waals surface area contributed by atoms with E-state index in [4.69, 9.17) is 0 Å². The average Bonchev–Trinajstić information content (AvgIpc) is 2.88. The number of rotatable bonds is 7. The van der Waals surface area contributed by atoms with Crippen LogP contribution in [-0.2, 0) is 0 Å². The number of unbranched alkanes of at least 4 members (excludes halogenated alkanes) is 2. The fraction of sp³-hybridized carbons (Fsp3) is 0.600. The molecule has 1 aromatic carbocycles. The molecule has 1 fully saturated rings. The summed E-state index contributed by atoms with van der Waals surface area (Å²) in [6, 6.07) is 11.3. The lowest BCUT2D eigenvalue weighted by atomic mass is 10.1. The van der Waals surface area contributed by atoms with Crippen LogP contribution >= 0.6 is 23.9 Å². The lowest BCUT2D eigenvalue weighted by Gasteiger charge is -2.28. The molecule has 0 amide bonds.